The van der Waals surface area contributed by atoms with Crippen molar-refractivity contribution in [2.24, 2.45) is 5.92 Å². The number of amides is 2. The summed E-state index contributed by atoms with van der Waals surface area (Å²) in [5.41, 5.74) is 2.00. The zero-order valence-electron chi connectivity index (χ0n) is 16.6. The van der Waals surface area contributed by atoms with Crippen LogP contribution in [-0.4, -0.2) is 57.3 Å². The second-order valence-corrected chi connectivity index (χ2v) is 8.07. The molecule has 2 N–H and O–H groups in total. The molecule has 1 unspecified atom stereocenters. The van der Waals surface area contributed by atoms with Gasteiger partial charge in [0.25, 0.3) is 11.8 Å². The third-order valence-electron chi connectivity index (χ3n) is 5.94. The van der Waals surface area contributed by atoms with Crippen LogP contribution in [0, 0.1) is 5.92 Å². The van der Waals surface area contributed by atoms with Gasteiger partial charge >= 0.3 is 0 Å². The number of likely N-dealkylation sites (tertiary alicyclic amines) is 1. The van der Waals surface area contributed by atoms with Crippen molar-refractivity contribution in [1.29, 1.82) is 0 Å². The van der Waals surface area contributed by atoms with Crippen LogP contribution >= 0.6 is 0 Å². The molecule has 1 saturated heterocycles. The molecule has 154 valence electrons. The largest absolute Gasteiger partial charge is 0.389 e. The molecule has 2 aromatic rings. The van der Waals surface area contributed by atoms with Crippen molar-refractivity contribution in [2.45, 2.75) is 44.8 Å². The Hall–Kier alpha value is -2.67. The summed E-state index contributed by atoms with van der Waals surface area (Å²) in [6, 6.07) is 12.1. The fraction of sp³-hybridized carbons (Fsp3) is 0.500. The molecule has 7 heteroatoms. The van der Waals surface area contributed by atoms with Gasteiger partial charge in [0.1, 0.15) is 5.69 Å². The van der Waals surface area contributed by atoms with Gasteiger partial charge in [-0.2, -0.15) is 5.10 Å². The normalized spacial score (nSPS) is 20.1. The monoisotopic (exact) mass is 396 g/mol. The summed E-state index contributed by atoms with van der Waals surface area (Å²) in [6.07, 6.45) is 4.78. The zero-order chi connectivity index (χ0) is 20.2. The second kappa shape index (κ2) is 8.78. The molecular formula is C22H28N4O3. The van der Waals surface area contributed by atoms with E-state index in [1.165, 1.54) is 23.1 Å². The van der Waals surface area contributed by atoms with Crippen molar-refractivity contribution >= 4 is 11.8 Å². The summed E-state index contributed by atoms with van der Waals surface area (Å²) < 4.78 is 1.44. The van der Waals surface area contributed by atoms with E-state index in [1.54, 1.807) is 6.07 Å². The first-order valence-corrected chi connectivity index (χ1v) is 10.5. The molecule has 0 saturated carbocycles. The number of aliphatic hydroxyl groups excluding tert-OH is 1. The standard InChI is InChI=1S/C22H28N4O3/c27-18-14-23-21(28)20-13-19(24-26(20)15-18)22(29)25-11-9-17(10-12-25)8-4-7-16-5-2-1-3-6-16/h1-3,5-6,13,17-18,27H,4,7-12,14-15H2,(H,23,28). The molecule has 0 radical (unpaired) electrons. The number of benzene rings is 1. The summed E-state index contributed by atoms with van der Waals surface area (Å²) in [6.45, 7) is 1.87. The van der Waals surface area contributed by atoms with Crippen LogP contribution < -0.4 is 5.32 Å². The highest BCUT2D eigenvalue weighted by atomic mass is 16.3. The highest BCUT2D eigenvalue weighted by Crippen LogP contribution is 2.24. The molecule has 4 rings (SSSR count). The minimum absolute atomic E-state index is 0.129. The number of aromatic nitrogens is 2. The van der Waals surface area contributed by atoms with Crippen LogP contribution in [0.5, 0.6) is 0 Å². The fourth-order valence-corrected chi connectivity index (χ4v) is 4.23. The van der Waals surface area contributed by atoms with Gasteiger partial charge in [-0.15, -0.1) is 0 Å². The van der Waals surface area contributed by atoms with Crippen molar-refractivity contribution in [3.8, 4) is 0 Å². The molecule has 1 aromatic carbocycles. The van der Waals surface area contributed by atoms with Crippen molar-refractivity contribution < 1.29 is 14.7 Å². The Kier molecular flexibility index (Phi) is 5.94. The van der Waals surface area contributed by atoms with Crippen molar-refractivity contribution in [3.05, 3.63) is 53.3 Å². The summed E-state index contributed by atoms with van der Waals surface area (Å²) >= 11 is 0. The van der Waals surface area contributed by atoms with Gasteiger partial charge in [0.15, 0.2) is 5.69 Å². The van der Waals surface area contributed by atoms with E-state index >= 15 is 0 Å². The van der Waals surface area contributed by atoms with Crippen molar-refractivity contribution in [1.82, 2.24) is 20.0 Å². The number of piperidine rings is 1. The number of fused-ring (bicyclic) bond motifs is 1. The lowest BCUT2D eigenvalue weighted by atomic mass is 9.90. The molecule has 1 atom stereocenters. The van der Waals surface area contributed by atoms with Crippen LogP contribution in [0.2, 0.25) is 0 Å². The number of nitrogens with one attached hydrogen (secondary N) is 1. The number of nitrogens with zero attached hydrogens (tertiary/aromatic N) is 3. The first-order valence-electron chi connectivity index (χ1n) is 10.5. The van der Waals surface area contributed by atoms with E-state index in [-0.39, 0.29) is 30.6 Å². The van der Waals surface area contributed by atoms with Crippen LogP contribution in [0.1, 0.15) is 52.2 Å². The summed E-state index contributed by atoms with van der Waals surface area (Å²) in [7, 11) is 0. The minimum atomic E-state index is -0.699. The van der Waals surface area contributed by atoms with Crippen LogP contribution in [0.3, 0.4) is 0 Å². The SMILES string of the molecule is O=C1NCC(O)Cn2nc(C(=O)N3CCC(CCCc4ccccc4)CC3)cc21. The molecule has 0 aliphatic carbocycles. The second-order valence-electron chi connectivity index (χ2n) is 8.07. The number of carbonyl (C=O) groups excluding carboxylic acids is 2. The molecule has 0 spiro atoms. The number of aliphatic hydroxyl groups is 1. The van der Waals surface area contributed by atoms with E-state index in [0.29, 0.717) is 11.6 Å². The zero-order valence-corrected chi connectivity index (χ0v) is 16.6. The van der Waals surface area contributed by atoms with Gasteiger partial charge in [0.2, 0.25) is 0 Å². The van der Waals surface area contributed by atoms with E-state index in [4.69, 9.17) is 0 Å². The Balaban J connectivity index is 1.29. The smallest absolute Gasteiger partial charge is 0.274 e. The van der Waals surface area contributed by atoms with Gasteiger partial charge in [0, 0.05) is 25.7 Å². The van der Waals surface area contributed by atoms with E-state index < -0.39 is 6.10 Å². The number of aryl methyl sites for hydroxylation is 1. The summed E-state index contributed by atoms with van der Waals surface area (Å²) in [5.74, 6) is 0.225. The molecule has 1 fully saturated rings. The molecule has 7 nitrogen and oxygen atoms in total. The topological polar surface area (TPSA) is 87.5 Å². The van der Waals surface area contributed by atoms with E-state index in [1.807, 2.05) is 11.0 Å². The van der Waals surface area contributed by atoms with Gasteiger partial charge < -0.3 is 15.3 Å². The van der Waals surface area contributed by atoms with Crippen molar-refractivity contribution in [3.63, 3.8) is 0 Å². The van der Waals surface area contributed by atoms with Crippen LogP contribution in [0.15, 0.2) is 36.4 Å². The first kappa shape index (κ1) is 19.6. The van der Waals surface area contributed by atoms with Gasteiger partial charge in [0.05, 0.1) is 12.6 Å². The lowest BCUT2D eigenvalue weighted by molar-refractivity contribution is 0.0678. The number of hydrogen-bond acceptors (Lipinski definition) is 4. The number of rotatable bonds is 5. The number of β-amino-alcohol motifs (C(OH)–C–C–N with tert-alkyl or cyclic N) is 1. The van der Waals surface area contributed by atoms with Gasteiger partial charge in [-0.25, -0.2) is 0 Å². The Morgan fingerprint density at radius 2 is 1.97 bits per heavy atom. The minimum Gasteiger partial charge on any atom is -0.389 e. The molecule has 0 bridgehead atoms. The average molecular weight is 396 g/mol. The summed E-state index contributed by atoms with van der Waals surface area (Å²) in [4.78, 5) is 26.8. The Bertz CT molecular complexity index is 856. The maximum Gasteiger partial charge on any atom is 0.274 e. The fourth-order valence-electron chi connectivity index (χ4n) is 4.23. The highest BCUT2D eigenvalue weighted by Gasteiger charge is 2.28. The predicted molar refractivity (Wildman–Crippen MR) is 109 cm³/mol. The number of hydrogen-bond donors (Lipinski definition) is 2. The summed E-state index contributed by atoms with van der Waals surface area (Å²) in [5, 5.41) is 16.8. The van der Waals surface area contributed by atoms with E-state index in [0.717, 1.165) is 32.4 Å². The maximum absolute atomic E-state index is 12.9. The van der Waals surface area contributed by atoms with Crippen molar-refractivity contribution in [2.75, 3.05) is 19.6 Å². The van der Waals surface area contributed by atoms with Gasteiger partial charge in [-0.05, 0) is 43.6 Å². The molecule has 2 amide bonds. The quantitative estimate of drug-likeness (QED) is 0.808. The third kappa shape index (κ3) is 4.67. The predicted octanol–water partition coefficient (Wildman–Crippen LogP) is 1.86. The Morgan fingerprint density at radius 1 is 1.21 bits per heavy atom. The Morgan fingerprint density at radius 3 is 2.72 bits per heavy atom. The molecule has 2 aliphatic heterocycles. The maximum atomic E-state index is 12.9. The Labute approximate surface area is 170 Å². The van der Waals surface area contributed by atoms with Crippen LogP contribution in [-0.2, 0) is 13.0 Å². The lowest BCUT2D eigenvalue weighted by Crippen LogP contribution is -2.38. The van der Waals surface area contributed by atoms with Gasteiger partial charge in [-0.1, -0.05) is 30.3 Å². The average Bonchev–Trinajstić information content (AvgIpc) is 3.11. The molecule has 2 aliphatic rings. The number of carbonyl (C=O) groups is 2. The van der Waals surface area contributed by atoms with Gasteiger partial charge in [-0.3, -0.25) is 14.3 Å². The lowest BCUT2D eigenvalue weighted by Gasteiger charge is -2.31. The molecule has 3 heterocycles. The van der Waals surface area contributed by atoms with E-state index in [9.17, 15) is 14.7 Å². The molecular weight excluding hydrogens is 368 g/mol. The van der Waals surface area contributed by atoms with Crippen LogP contribution in [0.4, 0.5) is 0 Å². The molecule has 29 heavy (non-hydrogen) atoms. The third-order valence-corrected chi connectivity index (χ3v) is 5.94. The van der Waals surface area contributed by atoms with E-state index in [2.05, 4.69) is 34.7 Å². The first-order chi connectivity index (χ1) is 14.1. The highest BCUT2D eigenvalue weighted by molar-refractivity contribution is 5.98. The van der Waals surface area contributed by atoms with Crippen LogP contribution in [0.25, 0.3) is 0 Å². The molecule has 1 aromatic heterocycles.